The van der Waals surface area contributed by atoms with Crippen LogP contribution in [-0.2, 0) is 4.79 Å². The van der Waals surface area contributed by atoms with Crippen molar-refractivity contribution in [3.05, 3.63) is 24.3 Å². The fraction of sp³-hybridized carbons (Fsp3) is 0.911. The number of aliphatic hydroxyl groups is 2. The molecular weight excluding hydrogens is 735 g/mol. The maximum atomic E-state index is 12.5. The molecule has 2 unspecified atom stereocenters. The molecule has 2 atom stereocenters. The van der Waals surface area contributed by atoms with E-state index in [9.17, 15) is 15.0 Å². The predicted octanol–water partition coefficient (Wildman–Crippen LogP) is 17.9. The quantitative estimate of drug-likeness (QED) is 0.0422. The molecule has 0 saturated carbocycles. The van der Waals surface area contributed by atoms with Gasteiger partial charge in [-0.25, -0.2) is 0 Å². The van der Waals surface area contributed by atoms with E-state index in [1.807, 2.05) is 6.08 Å². The van der Waals surface area contributed by atoms with Crippen LogP contribution in [0, 0.1) is 0 Å². The van der Waals surface area contributed by atoms with E-state index >= 15 is 0 Å². The summed E-state index contributed by atoms with van der Waals surface area (Å²) in [5.41, 5.74) is 0. The normalized spacial score (nSPS) is 12.9. The Balaban J connectivity index is 3.48. The Bertz CT molecular complexity index is 871. The van der Waals surface area contributed by atoms with Crippen molar-refractivity contribution in [2.75, 3.05) is 6.61 Å². The maximum absolute atomic E-state index is 12.5. The number of nitrogens with one attached hydrogen (secondary N) is 1. The van der Waals surface area contributed by atoms with Gasteiger partial charge in [0.05, 0.1) is 18.8 Å². The van der Waals surface area contributed by atoms with Crippen molar-refractivity contribution < 1.29 is 15.0 Å². The Morgan fingerprint density at radius 2 is 0.650 bits per heavy atom. The lowest BCUT2D eigenvalue weighted by molar-refractivity contribution is -0.123. The second-order valence-electron chi connectivity index (χ2n) is 19.0. The molecule has 0 saturated heterocycles. The summed E-state index contributed by atoms with van der Waals surface area (Å²) in [6.07, 6.45) is 69.1. The van der Waals surface area contributed by atoms with Crippen LogP contribution in [0.3, 0.4) is 0 Å². The molecule has 0 radical (unpaired) electrons. The summed E-state index contributed by atoms with van der Waals surface area (Å²) in [4.78, 5) is 12.5. The van der Waals surface area contributed by atoms with Gasteiger partial charge in [-0.3, -0.25) is 4.79 Å². The Kier molecular flexibility index (Phi) is 51.2. The minimum atomic E-state index is -0.859. The topological polar surface area (TPSA) is 69.6 Å². The average Bonchev–Trinajstić information content (AvgIpc) is 3.25. The van der Waals surface area contributed by atoms with Gasteiger partial charge >= 0.3 is 0 Å². The third-order valence-corrected chi connectivity index (χ3v) is 12.9. The standard InChI is InChI=1S/C56H109NO3/c1-3-5-7-9-11-13-15-17-19-21-23-25-26-27-28-29-30-32-34-36-38-40-42-44-46-48-50-52-56(60)57-54(53-58)55(59)51-49-47-45-43-41-39-37-35-33-31-24-22-20-18-16-14-12-10-8-6-4-2/h41,43,49,51,54-55,58-59H,3-40,42,44-48,50,52-53H2,1-2H3,(H,57,60)/b43-41+,51-49+. The zero-order valence-electron chi connectivity index (χ0n) is 41.0. The number of hydrogen-bond donors (Lipinski definition) is 3. The van der Waals surface area contributed by atoms with Gasteiger partial charge in [-0.1, -0.05) is 295 Å². The van der Waals surface area contributed by atoms with E-state index in [1.54, 1.807) is 6.08 Å². The summed E-state index contributed by atoms with van der Waals surface area (Å²) in [5, 5.41) is 23.1. The van der Waals surface area contributed by atoms with Crippen LogP contribution in [0.1, 0.15) is 309 Å². The van der Waals surface area contributed by atoms with E-state index in [1.165, 1.54) is 257 Å². The van der Waals surface area contributed by atoms with Crippen molar-refractivity contribution in [3.63, 3.8) is 0 Å². The van der Waals surface area contributed by atoms with E-state index in [2.05, 4.69) is 31.3 Å². The molecule has 3 N–H and O–H groups in total. The number of hydrogen-bond acceptors (Lipinski definition) is 3. The van der Waals surface area contributed by atoms with E-state index in [4.69, 9.17) is 0 Å². The molecule has 4 nitrogen and oxygen atoms in total. The SMILES string of the molecule is CCCCCCCCCCCCCCCCC/C=C/CC/C=C/C(O)C(CO)NC(=O)CCCCCCCCCCCCCCCCCCCCCCCCCCCCC. The van der Waals surface area contributed by atoms with Crippen LogP contribution >= 0.6 is 0 Å². The molecule has 0 heterocycles. The van der Waals surface area contributed by atoms with Crippen molar-refractivity contribution in [2.45, 2.75) is 321 Å². The van der Waals surface area contributed by atoms with E-state index in [0.717, 1.165) is 32.1 Å². The van der Waals surface area contributed by atoms with Gasteiger partial charge in [0.2, 0.25) is 5.91 Å². The summed E-state index contributed by atoms with van der Waals surface area (Å²) in [5.74, 6) is -0.0668. The molecule has 60 heavy (non-hydrogen) atoms. The largest absolute Gasteiger partial charge is 0.394 e. The molecule has 0 aromatic rings. The summed E-state index contributed by atoms with van der Waals surface area (Å²) in [6.45, 7) is 4.34. The summed E-state index contributed by atoms with van der Waals surface area (Å²) in [7, 11) is 0. The van der Waals surface area contributed by atoms with Gasteiger partial charge in [0.25, 0.3) is 0 Å². The van der Waals surface area contributed by atoms with Crippen LogP contribution in [0.15, 0.2) is 24.3 Å². The highest BCUT2D eigenvalue weighted by atomic mass is 16.3. The van der Waals surface area contributed by atoms with Gasteiger partial charge in [0.1, 0.15) is 0 Å². The van der Waals surface area contributed by atoms with Crippen molar-refractivity contribution >= 4 is 5.91 Å². The smallest absolute Gasteiger partial charge is 0.220 e. The van der Waals surface area contributed by atoms with Crippen molar-refractivity contribution in [3.8, 4) is 0 Å². The number of allylic oxidation sites excluding steroid dienone is 3. The zero-order chi connectivity index (χ0) is 43.5. The number of rotatable bonds is 51. The number of amides is 1. The van der Waals surface area contributed by atoms with Gasteiger partial charge in [-0.15, -0.1) is 0 Å². The van der Waals surface area contributed by atoms with Crippen LogP contribution < -0.4 is 5.32 Å². The number of carbonyl (C=O) groups is 1. The van der Waals surface area contributed by atoms with Gasteiger partial charge in [0, 0.05) is 6.42 Å². The maximum Gasteiger partial charge on any atom is 0.220 e. The van der Waals surface area contributed by atoms with Crippen LogP contribution in [-0.4, -0.2) is 34.9 Å². The fourth-order valence-electron chi connectivity index (χ4n) is 8.73. The third-order valence-electron chi connectivity index (χ3n) is 12.9. The van der Waals surface area contributed by atoms with Crippen LogP contribution in [0.4, 0.5) is 0 Å². The molecule has 0 aliphatic carbocycles. The second-order valence-corrected chi connectivity index (χ2v) is 19.0. The Morgan fingerprint density at radius 3 is 0.967 bits per heavy atom. The Morgan fingerprint density at radius 1 is 0.383 bits per heavy atom. The lowest BCUT2D eigenvalue weighted by Gasteiger charge is -2.19. The molecule has 0 aliphatic heterocycles. The van der Waals surface area contributed by atoms with E-state index < -0.39 is 12.1 Å². The van der Waals surface area contributed by atoms with Gasteiger partial charge in [0.15, 0.2) is 0 Å². The molecule has 356 valence electrons. The van der Waals surface area contributed by atoms with E-state index in [-0.39, 0.29) is 12.5 Å². The van der Waals surface area contributed by atoms with Crippen molar-refractivity contribution in [1.82, 2.24) is 5.32 Å². The van der Waals surface area contributed by atoms with Crippen molar-refractivity contribution in [1.29, 1.82) is 0 Å². The molecule has 0 bridgehead atoms. The molecule has 0 aliphatic rings. The molecule has 0 spiro atoms. The number of aliphatic hydroxyl groups excluding tert-OH is 2. The van der Waals surface area contributed by atoms with Gasteiger partial charge in [-0.2, -0.15) is 0 Å². The molecule has 0 aromatic heterocycles. The highest BCUT2D eigenvalue weighted by Gasteiger charge is 2.18. The summed E-state index contributed by atoms with van der Waals surface area (Å²) in [6, 6.07) is -0.636. The molecule has 0 rings (SSSR count). The van der Waals surface area contributed by atoms with Crippen LogP contribution in [0.5, 0.6) is 0 Å². The Hall–Kier alpha value is -1.13. The third kappa shape index (κ3) is 47.9. The second kappa shape index (κ2) is 52.2. The molecular formula is C56H109NO3. The monoisotopic (exact) mass is 844 g/mol. The first-order chi connectivity index (χ1) is 29.7. The minimum Gasteiger partial charge on any atom is -0.394 e. The lowest BCUT2D eigenvalue weighted by atomic mass is 10.0. The predicted molar refractivity (Wildman–Crippen MR) is 267 cm³/mol. The molecule has 1 amide bonds. The summed E-state index contributed by atoms with van der Waals surface area (Å²) >= 11 is 0. The summed E-state index contributed by atoms with van der Waals surface area (Å²) < 4.78 is 0. The number of carbonyl (C=O) groups excluding carboxylic acids is 1. The number of unbranched alkanes of at least 4 members (excludes halogenated alkanes) is 42. The fourth-order valence-corrected chi connectivity index (χ4v) is 8.73. The first kappa shape index (κ1) is 58.9. The lowest BCUT2D eigenvalue weighted by Crippen LogP contribution is -2.45. The molecule has 0 aromatic carbocycles. The molecule has 0 fully saturated rings. The first-order valence-corrected chi connectivity index (χ1v) is 27.6. The highest BCUT2D eigenvalue weighted by molar-refractivity contribution is 5.76. The highest BCUT2D eigenvalue weighted by Crippen LogP contribution is 2.17. The first-order valence-electron chi connectivity index (χ1n) is 27.6. The van der Waals surface area contributed by atoms with E-state index in [0.29, 0.717) is 6.42 Å². The zero-order valence-corrected chi connectivity index (χ0v) is 41.0. The van der Waals surface area contributed by atoms with Gasteiger partial charge < -0.3 is 15.5 Å². The average molecular weight is 844 g/mol. The minimum absolute atomic E-state index is 0.0668. The molecule has 4 heteroatoms. The van der Waals surface area contributed by atoms with Gasteiger partial charge in [-0.05, 0) is 32.1 Å². The van der Waals surface area contributed by atoms with Crippen LogP contribution in [0.2, 0.25) is 0 Å². The van der Waals surface area contributed by atoms with Crippen LogP contribution in [0.25, 0.3) is 0 Å². The van der Waals surface area contributed by atoms with Crippen molar-refractivity contribution in [2.24, 2.45) is 0 Å². The Labute approximate surface area is 377 Å².